The van der Waals surface area contributed by atoms with Crippen molar-refractivity contribution in [2.75, 3.05) is 6.61 Å². The molecule has 0 spiro atoms. The van der Waals surface area contributed by atoms with Gasteiger partial charge in [0.2, 0.25) is 5.43 Å². The van der Waals surface area contributed by atoms with Crippen LogP contribution in [0, 0.1) is 13.8 Å². The van der Waals surface area contributed by atoms with Gasteiger partial charge in [0, 0.05) is 23.1 Å². The predicted octanol–water partition coefficient (Wildman–Crippen LogP) is 2.77. The van der Waals surface area contributed by atoms with E-state index in [4.69, 9.17) is 4.74 Å². The van der Waals surface area contributed by atoms with Gasteiger partial charge in [-0.05, 0) is 43.7 Å². The van der Waals surface area contributed by atoms with Crippen LogP contribution in [0.4, 0.5) is 0 Å². The van der Waals surface area contributed by atoms with Crippen molar-refractivity contribution in [2.24, 2.45) is 0 Å². The lowest BCUT2D eigenvalue weighted by molar-refractivity contribution is 0.0694. The molecule has 6 heteroatoms. The average Bonchev–Trinajstić information content (AvgIpc) is 2.56. The lowest BCUT2D eigenvalue weighted by atomic mass is 9.99. The summed E-state index contributed by atoms with van der Waals surface area (Å²) in [5.74, 6) is -0.601. The molecule has 0 atom stereocenters. The van der Waals surface area contributed by atoms with Gasteiger partial charge in [-0.2, -0.15) is 0 Å². The first-order valence-electron chi connectivity index (χ1n) is 7.97. The molecule has 1 N–H and O–H groups in total. The molecule has 0 fully saturated rings. The molecule has 0 saturated carbocycles. The third-order valence-corrected chi connectivity index (χ3v) is 4.39. The first-order chi connectivity index (χ1) is 12.0. The maximum atomic E-state index is 12.5. The predicted molar refractivity (Wildman–Crippen MR) is 93.4 cm³/mol. The summed E-state index contributed by atoms with van der Waals surface area (Å²) >= 11 is 0. The molecule has 2 aromatic heterocycles. The van der Waals surface area contributed by atoms with Crippen LogP contribution < -0.4 is 10.2 Å². The maximum absolute atomic E-state index is 12.5. The molecule has 25 heavy (non-hydrogen) atoms. The van der Waals surface area contributed by atoms with Crippen molar-refractivity contribution in [1.29, 1.82) is 0 Å². The lowest BCUT2D eigenvalue weighted by Crippen LogP contribution is -2.24. The van der Waals surface area contributed by atoms with Crippen LogP contribution in [-0.4, -0.2) is 27.2 Å². The zero-order chi connectivity index (χ0) is 17.7. The molecule has 0 radical (unpaired) electrons. The van der Waals surface area contributed by atoms with Crippen LogP contribution in [0.15, 0.2) is 35.3 Å². The van der Waals surface area contributed by atoms with Gasteiger partial charge in [0.15, 0.2) is 5.75 Å². The fraction of sp³-hybridized carbons (Fsp3) is 0.211. The molecule has 126 valence electrons. The second kappa shape index (κ2) is 5.44. The van der Waals surface area contributed by atoms with Crippen molar-refractivity contribution in [3.05, 3.63) is 57.6 Å². The summed E-state index contributed by atoms with van der Waals surface area (Å²) in [7, 11) is 0. The molecule has 1 aromatic carbocycles. The summed E-state index contributed by atoms with van der Waals surface area (Å²) in [6, 6.07) is 7.43. The molecule has 0 unspecified atom stereocenters. The van der Waals surface area contributed by atoms with E-state index in [0.29, 0.717) is 29.8 Å². The van der Waals surface area contributed by atoms with Gasteiger partial charge in [0.05, 0.1) is 17.4 Å². The topological polar surface area (TPSA) is 81.4 Å². The van der Waals surface area contributed by atoms with E-state index in [1.807, 2.05) is 32.0 Å². The summed E-state index contributed by atoms with van der Waals surface area (Å²) in [6.07, 6.45) is 1.41. The largest absolute Gasteiger partial charge is 0.489 e. The summed E-state index contributed by atoms with van der Waals surface area (Å²) in [5, 5.41) is 9.64. The van der Waals surface area contributed by atoms with Gasteiger partial charge < -0.3 is 14.4 Å². The highest BCUT2D eigenvalue weighted by Crippen LogP contribution is 2.38. The third kappa shape index (κ3) is 2.38. The minimum atomic E-state index is -1.21. The standard InChI is InChI=1S/C19H16N2O4/c1-10-7-12(8-11(2)20-10)13-3-4-14-16-18(13)25-6-5-21(16)9-15(17(14)22)19(23)24/h3-4,7-9H,5-6H2,1-2H3,(H,23,24). The normalized spacial score (nSPS) is 12.9. The number of aromatic nitrogens is 2. The van der Waals surface area contributed by atoms with Gasteiger partial charge in [-0.25, -0.2) is 4.79 Å². The van der Waals surface area contributed by atoms with Gasteiger partial charge >= 0.3 is 5.97 Å². The highest BCUT2D eigenvalue weighted by Gasteiger charge is 2.23. The van der Waals surface area contributed by atoms with Gasteiger partial charge in [-0.1, -0.05) is 0 Å². The molecular formula is C19H16N2O4. The van der Waals surface area contributed by atoms with Crippen LogP contribution in [0.3, 0.4) is 0 Å². The highest BCUT2D eigenvalue weighted by atomic mass is 16.5. The van der Waals surface area contributed by atoms with Gasteiger partial charge in [-0.15, -0.1) is 0 Å². The van der Waals surface area contributed by atoms with Crippen molar-refractivity contribution in [1.82, 2.24) is 9.55 Å². The number of pyridine rings is 2. The van der Waals surface area contributed by atoms with E-state index in [1.165, 1.54) is 6.20 Å². The average molecular weight is 336 g/mol. The smallest absolute Gasteiger partial charge is 0.341 e. The molecular weight excluding hydrogens is 320 g/mol. The van der Waals surface area contributed by atoms with Crippen molar-refractivity contribution < 1.29 is 14.6 Å². The van der Waals surface area contributed by atoms with Gasteiger partial charge in [-0.3, -0.25) is 9.78 Å². The maximum Gasteiger partial charge on any atom is 0.341 e. The lowest BCUT2D eigenvalue weighted by Gasteiger charge is -2.23. The van der Waals surface area contributed by atoms with E-state index in [0.717, 1.165) is 22.5 Å². The van der Waals surface area contributed by atoms with Gasteiger partial charge in [0.1, 0.15) is 12.2 Å². The Bertz CT molecular complexity index is 1080. The number of carbonyl (C=O) groups is 1. The van der Waals surface area contributed by atoms with E-state index in [1.54, 1.807) is 10.6 Å². The Morgan fingerprint density at radius 3 is 2.64 bits per heavy atom. The quantitative estimate of drug-likeness (QED) is 0.778. The summed E-state index contributed by atoms with van der Waals surface area (Å²) in [6.45, 7) is 4.78. The number of aromatic carboxylic acids is 1. The van der Waals surface area contributed by atoms with Crippen molar-refractivity contribution in [3.63, 3.8) is 0 Å². The molecule has 1 aliphatic heterocycles. The number of rotatable bonds is 2. The van der Waals surface area contributed by atoms with E-state index in [-0.39, 0.29) is 5.56 Å². The summed E-state index contributed by atoms with van der Waals surface area (Å²) < 4.78 is 7.68. The van der Waals surface area contributed by atoms with Gasteiger partial charge in [0.25, 0.3) is 0 Å². The van der Waals surface area contributed by atoms with E-state index >= 15 is 0 Å². The highest BCUT2D eigenvalue weighted by molar-refractivity contribution is 5.97. The Hall–Kier alpha value is -3.15. The fourth-order valence-electron chi connectivity index (χ4n) is 3.40. The van der Waals surface area contributed by atoms with Crippen molar-refractivity contribution >= 4 is 16.9 Å². The van der Waals surface area contributed by atoms with Crippen LogP contribution in [0.2, 0.25) is 0 Å². The Labute approximate surface area is 143 Å². The number of ether oxygens (including phenoxy) is 1. The Morgan fingerprint density at radius 2 is 1.96 bits per heavy atom. The number of carboxylic acid groups (broad SMARTS) is 1. The van der Waals surface area contributed by atoms with Crippen LogP contribution >= 0.6 is 0 Å². The fourth-order valence-corrected chi connectivity index (χ4v) is 3.40. The Kier molecular flexibility index (Phi) is 3.35. The number of hydrogen-bond donors (Lipinski definition) is 1. The minimum absolute atomic E-state index is 0.219. The van der Waals surface area contributed by atoms with E-state index in [9.17, 15) is 14.7 Å². The minimum Gasteiger partial charge on any atom is -0.489 e. The van der Waals surface area contributed by atoms with Crippen molar-refractivity contribution in [3.8, 4) is 16.9 Å². The van der Waals surface area contributed by atoms with E-state index < -0.39 is 11.4 Å². The third-order valence-electron chi connectivity index (χ3n) is 4.39. The van der Waals surface area contributed by atoms with Crippen LogP contribution in [0.1, 0.15) is 21.7 Å². The van der Waals surface area contributed by atoms with Crippen molar-refractivity contribution in [2.45, 2.75) is 20.4 Å². The zero-order valence-electron chi connectivity index (χ0n) is 13.9. The van der Waals surface area contributed by atoms with Crippen LogP contribution in [0.5, 0.6) is 5.75 Å². The summed E-state index contributed by atoms with van der Waals surface area (Å²) in [4.78, 5) is 28.3. The molecule has 0 bridgehead atoms. The number of nitrogens with zero attached hydrogens (tertiary/aromatic N) is 2. The summed E-state index contributed by atoms with van der Waals surface area (Å²) in [5.41, 5.74) is 3.57. The number of aryl methyl sites for hydroxylation is 2. The zero-order valence-corrected chi connectivity index (χ0v) is 13.9. The number of carboxylic acids is 1. The van der Waals surface area contributed by atoms with E-state index in [2.05, 4.69) is 4.98 Å². The second-order valence-electron chi connectivity index (χ2n) is 6.20. The number of hydrogen-bond acceptors (Lipinski definition) is 4. The molecule has 6 nitrogen and oxygen atoms in total. The number of benzene rings is 1. The molecule has 0 saturated heterocycles. The SMILES string of the molecule is Cc1cc(-c2ccc3c(=O)c(C(=O)O)cn4c3c2OCC4)cc(C)n1. The Balaban J connectivity index is 2.08. The first kappa shape index (κ1) is 15.4. The Morgan fingerprint density at radius 1 is 1.24 bits per heavy atom. The molecule has 3 heterocycles. The molecule has 4 rings (SSSR count). The monoisotopic (exact) mass is 336 g/mol. The van der Waals surface area contributed by atoms with Crippen LogP contribution in [-0.2, 0) is 6.54 Å². The van der Waals surface area contributed by atoms with Crippen LogP contribution in [0.25, 0.3) is 22.0 Å². The molecule has 0 amide bonds. The molecule has 3 aromatic rings. The second-order valence-corrected chi connectivity index (χ2v) is 6.20. The first-order valence-corrected chi connectivity index (χ1v) is 7.97. The molecule has 1 aliphatic rings. The molecule has 0 aliphatic carbocycles.